The quantitative estimate of drug-likeness (QED) is 0.329. The van der Waals surface area contributed by atoms with Gasteiger partial charge in [-0.25, -0.2) is 0 Å². The van der Waals surface area contributed by atoms with Crippen LogP contribution >= 0.6 is 0 Å². The summed E-state index contributed by atoms with van der Waals surface area (Å²) in [6.07, 6.45) is 0. The van der Waals surface area contributed by atoms with Crippen LogP contribution in [0.2, 0.25) is 0 Å². The Labute approximate surface area is 56.3 Å². The van der Waals surface area contributed by atoms with E-state index in [0.717, 1.165) is 0 Å². The second-order valence-corrected chi connectivity index (χ2v) is 0. The van der Waals surface area contributed by atoms with E-state index in [1.807, 2.05) is 0 Å². The molecule has 0 rings (SSSR count). The van der Waals surface area contributed by atoms with Crippen LogP contribution in [0.25, 0.3) is 0 Å². The maximum atomic E-state index is 7.94. The molecule has 0 atom stereocenters. The van der Waals surface area contributed by atoms with E-state index in [1.165, 1.54) is 0 Å². The van der Waals surface area contributed by atoms with Crippen molar-refractivity contribution in [1.82, 2.24) is 0 Å². The average molecular weight is 142 g/mol. The van der Waals surface area contributed by atoms with Crippen LogP contribution in [0.1, 0.15) is 1.43 Å². The maximum absolute atomic E-state index is 7.94. The van der Waals surface area contributed by atoms with Crippen LogP contribution in [-0.4, -0.2) is 0 Å². The molecule has 0 bridgehead atoms. The molecule has 4 heavy (non-hydrogen) atoms. The number of rotatable bonds is 0. The molecule has 0 saturated carbocycles. The van der Waals surface area contributed by atoms with Gasteiger partial charge in [0.1, 0.15) is 0 Å². The summed E-state index contributed by atoms with van der Waals surface area (Å²) in [7, 11) is 0. The number of hydrogen-bond acceptors (Lipinski definition) is 1. The molecule has 0 spiro atoms. The summed E-state index contributed by atoms with van der Waals surface area (Å²) in [5, 5.41) is 0. The zero-order valence-electron chi connectivity index (χ0n) is 3.06. The zero-order chi connectivity index (χ0) is 2.00. The third kappa shape index (κ3) is 10.00. The summed E-state index contributed by atoms with van der Waals surface area (Å²) < 4.78 is 7.94. The predicted molar refractivity (Wildman–Crippen MR) is 1.80 cm³/mol. The second-order valence-electron chi connectivity index (χ2n) is 0. The Kier molecular flexibility index (Phi) is 118. The first-order valence-corrected chi connectivity index (χ1v) is 0.561. The van der Waals surface area contributed by atoms with Gasteiger partial charge in [0.05, 0.1) is 0 Å². The fraction of sp³-hybridized carbons (Fsp3) is 0. The van der Waals surface area contributed by atoms with Crippen molar-refractivity contribution in [3.63, 3.8) is 0 Å². The van der Waals surface area contributed by atoms with E-state index in [1.54, 1.807) is 0 Å². The molecular weight excluding hydrogens is 141 g/mol. The topological polar surface area (TPSA) is 17.1 Å². The van der Waals surface area contributed by atoms with Crippen molar-refractivity contribution in [1.29, 1.82) is 0 Å². The van der Waals surface area contributed by atoms with Crippen molar-refractivity contribution in [2.24, 2.45) is 0 Å². The summed E-state index contributed by atoms with van der Waals surface area (Å²) in [6.45, 7) is 0. The molecule has 0 aliphatic rings. The summed E-state index contributed by atoms with van der Waals surface area (Å²) in [5.41, 5.74) is 0. The fourth-order valence-electron chi connectivity index (χ4n) is 0. The summed E-state index contributed by atoms with van der Waals surface area (Å²) in [4.78, 5) is 0. The van der Waals surface area contributed by atoms with Gasteiger partial charge >= 0.3 is 38.4 Å². The Morgan fingerprint density at radius 3 is 1.50 bits per heavy atom. The molecule has 0 fully saturated rings. The van der Waals surface area contributed by atoms with E-state index < -0.39 is 0 Å². The van der Waals surface area contributed by atoms with Crippen molar-refractivity contribution >= 4 is 0 Å². The Bertz CT molecular complexity index is 11.6. The normalized spacial score (nSPS) is 1.25. The van der Waals surface area contributed by atoms with E-state index in [9.17, 15) is 0 Å². The van der Waals surface area contributed by atoms with Crippen molar-refractivity contribution in [3.8, 4) is 0 Å². The van der Waals surface area contributed by atoms with Crippen molar-refractivity contribution in [3.05, 3.63) is 0 Å². The van der Waals surface area contributed by atoms with Gasteiger partial charge in [0.25, 0.3) is 0 Å². The van der Waals surface area contributed by atoms with Gasteiger partial charge in [-0.05, 0) is 0 Å². The van der Waals surface area contributed by atoms with Crippen LogP contribution < -0.4 is 18.9 Å². The first-order chi connectivity index (χ1) is 1.00. The predicted octanol–water partition coefficient (Wildman–Crippen LogP) is -3.01. The summed E-state index contributed by atoms with van der Waals surface area (Å²) in [6, 6.07) is 0. The number of hydrogen-bond donors (Lipinski definition) is 0. The van der Waals surface area contributed by atoms with Crippen LogP contribution in [0.15, 0.2) is 0 Å². The second kappa shape index (κ2) is 26.0. The summed E-state index contributed by atoms with van der Waals surface area (Å²) in [5.74, 6) is 0. The molecule has 27 valence electrons. The fourth-order valence-corrected chi connectivity index (χ4v) is 0. The molecule has 0 aromatic rings. The first kappa shape index (κ1) is 18.2. The molecule has 0 aliphatic heterocycles. The van der Waals surface area contributed by atoms with E-state index in [2.05, 4.69) is 15.7 Å². The molecule has 0 radical (unpaired) electrons. The standard InChI is InChI=1S/Co.Li.Ni.O.H/q;+1;;;-1. The Hall–Kier alpha value is 1.40. The molecular formula is HCoLiNiO. The average Bonchev–Trinajstić information content (AvgIpc) is 1.00. The molecule has 0 heterocycles. The van der Waals surface area contributed by atoms with Gasteiger partial charge in [0, 0.05) is 16.5 Å². The molecule has 0 aliphatic carbocycles. The summed E-state index contributed by atoms with van der Waals surface area (Å²) >= 11 is 2.31. The van der Waals surface area contributed by atoms with Crippen LogP contribution in [-0.2, 0) is 36.0 Å². The Balaban J connectivity index is -0.00000000167. The van der Waals surface area contributed by atoms with Crippen LogP contribution in [0.3, 0.4) is 0 Å². The van der Waals surface area contributed by atoms with Crippen molar-refractivity contribution in [2.75, 3.05) is 0 Å². The first-order valence-electron chi connectivity index (χ1n) is 0.136. The van der Waals surface area contributed by atoms with E-state index in [-0.39, 0.29) is 36.8 Å². The third-order valence-electron chi connectivity index (χ3n) is 0. The molecule has 0 aromatic heterocycles. The van der Waals surface area contributed by atoms with Gasteiger partial charge in [0.2, 0.25) is 0 Å². The molecule has 0 N–H and O–H groups in total. The zero-order valence-corrected chi connectivity index (χ0v) is 4.09. The van der Waals surface area contributed by atoms with E-state index in [4.69, 9.17) is 3.87 Å². The third-order valence-corrected chi connectivity index (χ3v) is 0. The van der Waals surface area contributed by atoms with Gasteiger partial charge < -0.3 is 1.43 Å². The minimum atomic E-state index is 0. The Morgan fingerprint density at radius 1 is 1.50 bits per heavy atom. The van der Waals surface area contributed by atoms with E-state index >= 15 is 0 Å². The van der Waals surface area contributed by atoms with Gasteiger partial charge in [0.15, 0.2) is 0 Å². The van der Waals surface area contributed by atoms with Crippen molar-refractivity contribution < 1.29 is 56.3 Å². The van der Waals surface area contributed by atoms with Crippen molar-refractivity contribution in [2.45, 2.75) is 0 Å². The minimum absolute atomic E-state index is 0. The van der Waals surface area contributed by atoms with Gasteiger partial charge in [-0.3, -0.25) is 0 Å². The molecule has 0 aromatic carbocycles. The SMILES string of the molecule is [H-].[Li+].[Ni].[O]=[Co]. The van der Waals surface area contributed by atoms with Gasteiger partial charge in [-0.2, -0.15) is 0 Å². The van der Waals surface area contributed by atoms with E-state index in [0.29, 0.717) is 0 Å². The monoisotopic (exact) mass is 141 g/mol. The van der Waals surface area contributed by atoms with Gasteiger partial charge in [-0.15, -0.1) is 0 Å². The van der Waals surface area contributed by atoms with Crippen LogP contribution in [0.5, 0.6) is 0 Å². The van der Waals surface area contributed by atoms with Crippen LogP contribution in [0.4, 0.5) is 0 Å². The molecule has 0 amide bonds. The molecule has 0 saturated heterocycles. The Morgan fingerprint density at radius 2 is 1.50 bits per heavy atom. The molecule has 4 heteroatoms. The molecule has 0 unspecified atom stereocenters. The molecule has 1 nitrogen and oxygen atoms in total. The van der Waals surface area contributed by atoms with Gasteiger partial charge in [-0.1, -0.05) is 0 Å². The van der Waals surface area contributed by atoms with Crippen LogP contribution in [0, 0.1) is 0 Å².